The standard InChI is InChI=1S/C14H17ClO4S/c1-18-14-3-2-10(8-12(14)15)13(16)9-20(17)11-4-6-19-7-5-11/h2-3,8,11H,4-7,9H2,1H3. The zero-order valence-electron chi connectivity index (χ0n) is 11.3. The fourth-order valence-electron chi connectivity index (χ4n) is 2.11. The first-order valence-corrected chi connectivity index (χ1v) is 8.19. The molecule has 0 aromatic heterocycles. The van der Waals surface area contributed by atoms with Gasteiger partial charge in [0, 0.05) is 34.8 Å². The van der Waals surface area contributed by atoms with Crippen LogP contribution in [0.1, 0.15) is 23.2 Å². The van der Waals surface area contributed by atoms with E-state index < -0.39 is 10.8 Å². The fraction of sp³-hybridized carbons (Fsp3) is 0.500. The molecule has 1 unspecified atom stereocenters. The third kappa shape index (κ3) is 3.81. The number of methoxy groups -OCH3 is 1. The average Bonchev–Trinajstić information content (AvgIpc) is 2.48. The Morgan fingerprint density at radius 2 is 2.15 bits per heavy atom. The third-order valence-corrected chi connectivity index (χ3v) is 5.34. The van der Waals surface area contributed by atoms with Crippen LogP contribution in [0.15, 0.2) is 18.2 Å². The Bertz CT molecular complexity index is 512. The molecule has 0 spiro atoms. The molecule has 0 N–H and O–H groups in total. The monoisotopic (exact) mass is 316 g/mol. The first-order valence-electron chi connectivity index (χ1n) is 6.43. The number of halogens is 1. The van der Waals surface area contributed by atoms with Gasteiger partial charge in [-0.2, -0.15) is 0 Å². The molecule has 1 aliphatic rings. The maximum absolute atomic E-state index is 12.2. The number of Topliss-reactive ketones (excluding diaryl/α,β-unsaturated/α-hetero) is 1. The topological polar surface area (TPSA) is 52.6 Å². The van der Waals surface area contributed by atoms with Crippen LogP contribution in [0.5, 0.6) is 5.75 Å². The van der Waals surface area contributed by atoms with Crippen LogP contribution in [-0.4, -0.2) is 41.3 Å². The van der Waals surface area contributed by atoms with Crippen molar-refractivity contribution in [3.05, 3.63) is 28.8 Å². The van der Waals surface area contributed by atoms with Gasteiger partial charge in [0.05, 0.1) is 17.9 Å². The molecule has 2 rings (SSSR count). The summed E-state index contributed by atoms with van der Waals surface area (Å²) in [7, 11) is 0.362. The number of carbonyl (C=O) groups excluding carboxylic acids is 1. The van der Waals surface area contributed by atoms with Gasteiger partial charge in [0.2, 0.25) is 0 Å². The van der Waals surface area contributed by atoms with E-state index in [9.17, 15) is 9.00 Å². The Morgan fingerprint density at radius 3 is 2.75 bits per heavy atom. The van der Waals surface area contributed by atoms with Gasteiger partial charge in [0.25, 0.3) is 0 Å². The van der Waals surface area contributed by atoms with Crippen molar-refractivity contribution in [3.8, 4) is 5.75 Å². The van der Waals surface area contributed by atoms with Gasteiger partial charge in [0.1, 0.15) is 5.75 Å². The molecule has 0 saturated carbocycles. The van der Waals surface area contributed by atoms with Crippen molar-refractivity contribution in [2.24, 2.45) is 0 Å². The van der Waals surface area contributed by atoms with Gasteiger partial charge in [-0.15, -0.1) is 0 Å². The summed E-state index contributed by atoms with van der Waals surface area (Å²) in [4.78, 5) is 12.1. The molecule has 1 heterocycles. The van der Waals surface area contributed by atoms with E-state index in [0.29, 0.717) is 29.5 Å². The predicted molar refractivity (Wildman–Crippen MR) is 79.2 cm³/mol. The van der Waals surface area contributed by atoms with Gasteiger partial charge >= 0.3 is 0 Å². The molecule has 1 aliphatic heterocycles. The molecule has 1 atom stereocenters. The Kier molecular flexibility index (Phi) is 5.57. The van der Waals surface area contributed by atoms with Crippen molar-refractivity contribution in [2.45, 2.75) is 18.1 Å². The molecule has 0 aliphatic carbocycles. The van der Waals surface area contributed by atoms with E-state index in [1.54, 1.807) is 18.2 Å². The Balaban J connectivity index is 2.00. The molecule has 0 radical (unpaired) electrons. The highest BCUT2D eigenvalue weighted by Crippen LogP contribution is 2.25. The van der Waals surface area contributed by atoms with Crippen LogP contribution in [0.3, 0.4) is 0 Å². The van der Waals surface area contributed by atoms with Crippen LogP contribution in [0.4, 0.5) is 0 Å². The highest BCUT2D eigenvalue weighted by atomic mass is 35.5. The Labute approximate surface area is 125 Å². The van der Waals surface area contributed by atoms with E-state index in [-0.39, 0.29) is 16.8 Å². The second-order valence-electron chi connectivity index (χ2n) is 4.61. The lowest BCUT2D eigenvalue weighted by atomic mass is 10.1. The van der Waals surface area contributed by atoms with Gasteiger partial charge in [-0.25, -0.2) is 0 Å². The second-order valence-corrected chi connectivity index (χ2v) is 6.73. The summed E-state index contributed by atoms with van der Waals surface area (Å²) in [6.45, 7) is 1.25. The quantitative estimate of drug-likeness (QED) is 0.783. The molecule has 1 aromatic rings. The lowest BCUT2D eigenvalue weighted by Crippen LogP contribution is -2.28. The van der Waals surface area contributed by atoms with Crippen LogP contribution in [0.25, 0.3) is 0 Å². The van der Waals surface area contributed by atoms with Crippen molar-refractivity contribution in [3.63, 3.8) is 0 Å². The van der Waals surface area contributed by atoms with Crippen LogP contribution in [0, 0.1) is 0 Å². The molecule has 6 heteroatoms. The van der Waals surface area contributed by atoms with Gasteiger partial charge in [-0.1, -0.05) is 11.6 Å². The first kappa shape index (κ1) is 15.5. The average molecular weight is 317 g/mol. The summed E-state index contributed by atoms with van der Waals surface area (Å²) in [5.41, 5.74) is 0.469. The van der Waals surface area contributed by atoms with E-state index in [4.69, 9.17) is 21.1 Å². The van der Waals surface area contributed by atoms with Crippen molar-refractivity contribution < 1.29 is 18.5 Å². The summed E-state index contributed by atoms with van der Waals surface area (Å²) >= 11 is 5.99. The second kappa shape index (κ2) is 7.20. The van der Waals surface area contributed by atoms with Gasteiger partial charge in [-0.3, -0.25) is 9.00 Å². The van der Waals surface area contributed by atoms with Crippen LogP contribution >= 0.6 is 11.6 Å². The Morgan fingerprint density at radius 1 is 1.45 bits per heavy atom. The van der Waals surface area contributed by atoms with E-state index >= 15 is 0 Å². The number of hydrogen-bond acceptors (Lipinski definition) is 4. The van der Waals surface area contributed by atoms with Crippen LogP contribution in [-0.2, 0) is 15.5 Å². The molecule has 1 fully saturated rings. The maximum atomic E-state index is 12.2. The smallest absolute Gasteiger partial charge is 0.175 e. The molecule has 0 amide bonds. The van der Waals surface area contributed by atoms with Crippen molar-refractivity contribution >= 4 is 28.2 Å². The maximum Gasteiger partial charge on any atom is 0.175 e. The van der Waals surface area contributed by atoms with E-state index in [0.717, 1.165) is 12.8 Å². The largest absolute Gasteiger partial charge is 0.495 e. The molecular weight excluding hydrogens is 300 g/mol. The number of ketones is 1. The number of benzene rings is 1. The molecule has 20 heavy (non-hydrogen) atoms. The lowest BCUT2D eigenvalue weighted by Gasteiger charge is -2.21. The van der Waals surface area contributed by atoms with Crippen molar-refractivity contribution in [1.82, 2.24) is 0 Å². The minimum Gasteiger partial charge on any atom is -0.495 e. The third-order valence-electron chi connectivity index (χ3n) is 3.29. The van der Waals surface area contributed by atoms with Crippen molar-refractivity contribution in [1.29, 1.82) is 0 Å². The van der Waals surface area contributed by atoms with E-state index in [1.165, 1.54) is 7.11 Å². The van der Waals surface area contributed by atoms with Crippen LogP contribution < -0.4 is 4.74 Å². The van der Waals surface area contributed by atoms with Crippen molar-refractivity contribution in [2.75, 3.05) is 26.1 Å². The highest BCUT2D eigenvalue weighted by Gasteiger charge is 2.23. The van der Waals surface area contributed by atoms with E-state index in [2.05, 4.69) is 0 Å². The Hall–Kier alpha value is -0.910. The summed E-state index contributed by atoms with van der Waals surface area (Å²) < 4.78 is 22.4. The number of rotatable bonds is 5. The summed E-state index contributed by atoms with van der Waals surface area (Å²) in [6, 6.07) is 4.85. The number of ether oxygens (including phenoxy) is 2. The van der Waals surface area contributed by atoms with Gasteiger partial charge in [-0.05, 0) is 31.0 Å². The van der Waals surface area contributed by atoms with E-state index in [1.807, 2.05) is 0 Å². The summed E-state index contributed by atoms with van der Waals surface area (Å²) in [5.74, 6) is 0.404. The minimum atomic E-state index is -1.15. The molecule has 1 aromatic carbocycles. The minimum absolute atomic E-state index is 0.0350. The number of carbonyl (C=O) groups is 1. The SMILES string of the molecule is COc1ccc(C(=O)CS(=O)C2CCOCC2)cc1Cl. The summed E-state index contributed by atoms with van der Waals surface area (Å²) in [6.07, 6.45) is 1.51. The number of hydrogen-bond donors (Lipinski definition) is 0. The predicted octanol–water partition coefficient (Wildman–Crippen LogP) is 2.46. The molecule has 1 saturated heterocycles. The van der Waals surface area contributed by atoms with Gasteiger partial charge in [0.15, 0.2) is 5.78 Å². The molecule has 4 nitrogen and oxygen atoms in total. The first-order chi connectivity index (χ1) is 9.61. The normalized spacial score (nSPS) is 17.7. The van der Waals surface area contributed by atoms with Crippen LogP contribution in [0.2, 0.25) is 5.02 Å². The highest BCUT2D eigenvalue weighted by molar-refractivity contribution is 7.86. The van der Waals surface area contributed by atoms with Gasteiger partial charge < -0.3 is 9.47 Å². The lowest BCUT2D eigenvalue weighted by molar-refractivity contribution is 0.0980. The summed E-state index contributed by atoms with van der Waals surface area (Å²) in [5, 5.41) is 0.441. The zero-order chi connectivity index (χ0) is 14.5. The molecule has 110 valence electrons. The zero-order valence-corrected chi connectivity index (χ0v) is 12.8. The molecular formula is C14H17ClO4S. The molecule has 0 bridgehead atoms. The fourth-order valence-corrected chi connectivity index (χ4v) is 3.75.